The maximum absolute atomic E-state index is 13.6. The molecule has 5 rings (SSSR count). The predicted molar refractivity (Wildman–Crippen MR) is 124 cm³/mol. The average molecular weight is 468 g/mol. The van der Waals surface area contributed by atoms with Crippen molar-refractivity contribution in [2.75, 3.05) is 25.1 Å². The van der Waals surface area contributed by atoms with Gasteiger partial charge in [0, 0.05) is 25.1 Å². The van der Waals surface area contributed by atoms with Crippen LogP contribution in [0.4, 0.5) is 5.69 Å². The SMILES string of the molecule is Cc1cc2c(c(OCC(C)(C)O)c1)C(=O)N1C[C@@H](Oc3cc4c(cn3)CCC(=O)N4)C[C@@H]1CO2. The van der Waals surface area contributed by atoms with Gasteiger partial charge < -0.3 is 29.5 Å². The number of anilines is 1. The van der Waals surface area contributed by atoms with Gasteiger partial charge in [0.1, 0.15) is 36.4 Å². The van der Waals surface area contributed by atoms with Crippen LogP contribution in [0, 0.1) is 6.92 Å². The van der Waals surface area contributed by atoms with Gasteiger partial charge >= 0.3 is 0 Å². The van der Waals surface area contributed by atoms with E-state index in [0.717, 1.165) is 16.8 Å². The smallest absolute Gasteiger partial charge is 0.261 e. The molecule has 0 saturated carbocycles. The number of nitrogens with one attached hydrogen (secondary N) is 1. The lowest BCUT2D eigenvalue weighted by molar-refractivity contribution is -0.116. The Hall–Kier alpha value is -3.33. The number of nitrogens with zero attached hydrogens (tertiary/aromatic N) is 2. The van der Waals surface area contributed by atoms with Gasteiger partial charge in [-0.1, -0.05) is 0 Å². The quantitative estimate of drug-likeness (QED) is 0.695. The van der Waals surface area contributed by atoms with E-state index in [0.29, 0.717) is 55.4 Å². The Labute approximate surface area is 198 Å². The highest BCUT2D eigenvalue weighted by Crippen LogP contribution is 2.38. The van der Waals surface area contributed by atoms with Gasteiger partial charge in [-0.05, 0) is 50.5 Å². The first-order chi connectivity index (χ1) is 16.2. The average Bonchev–Trinajstić information content (AvgIpc) is 3.12. The van der Waals surface area contributed by atoms with Crippen LogP contribution in [0.5, 0.6) is 17.4 Å². The lowest BCUT2D eigenvalue weighted by Gasteiger charge is -2.23. The first-order valence-electron chi connectivity index (χ1n) is 11.6. The summed E-state index contributed by atoms with van der Waals surface area (Å²) >= 11 is 0. The van der Waals surface area contributed by atoms with Gasteiger partial charge in [0.05, 0.1) is 23.9 Å². The normalized spacial score (nSPS) is 21.6. The Morgan fingerprint density at radius 1 is 1.26 bits per heavy atom. The van der Waals surface area contributed by atoms with Crippen LogP contribution < -0.4 is 19.5 Å². The maximum Gasteiger partial charge on any atom is 0.261 e. The summed E-state index contributed by atoms with van der Waals surface area (Å²) in [4.78, 5) is 31.5. The number of aromatic nitrogens is 1. The molecule has 2 atom stereocenters. The van der Waals surface area contributed by atoms with Crippen LogP contribution in [0.25, 0.3) is 0 Å². The van der Waals surface area contributed by atoms with E-state index in [1.807, 2.05) is 13.0 Å². The van der Waals surface area contributed by atoms with Crippen molar-refractivity contribution in [3.63, 3.8) is 0 Å². The molecule has 1 aromatic carbocycles. The molecule has 0 spiro atoms. The Morgan fingerprint density at radius 3 is 2.88 bits per heavy atom. The summed E-state index contributed by atoms with van der Waals surface area (Å²) in [6.45, 7) is 5.99. The monoisotopic (exact) mass is 467 g/mol. The first kappa shape index (κ1) is 22.5. The Balaban J connectivity index is 1.34. The zero-order chi connectivity index (χ0) is 24.0. The summed E-state index contributed by atoms with van der Waals surface area (Å²) in [7, 11) is 0. The topological polar surface area (TPSA) is 110 Å². The fraction of sp³-hybridized carbons (Fsp3) is 0.480. The minimum absolute atomic E-state index is 0.0156. The Morgan fingerprint density at radius 2 is 2.09 bits per heavy atom. The third-order valence-electron chi connectivity index (χ3n) is 6.22. The molecule has 9 heteroatoms. The zero-order valence-corrected chi connectivity index (χ0v) is 19.6. The van der Waals surface area contributed by atoms with Crippen molar-refractivity contribution in [3.05, 3.63) is 41.1 Å². The second-order valence-corrected chi connectivity index (χ2v) is 9.86. The summed E-state index contributed by atoms with van der Waals surface area (Å²) in [5.74, 6) is 1.12. The standard InChI is InChI=1S/C25H29N3O6/c1-14-6-19-23(20(7-14)33-13-25(2,3)31)24(30)28-11-17(8-16(28)12-32-19)34-22-9-18-15(10-26-22)4-5-21(29)27-18/h6-7,9-10,16-17,31H,4-5,8,11-13H2,1-3H3,(H,27,29)/t16-,17+/m1/s1. The molecule has 4 heterocycles. The number of pyridine rings is 1. The highest BCUT2D eigenvalue weighted by Gasteiger charge is 2.42. The second-order valence-electron chi connectivity index (χ2n) is 9.86. The number of rotatable bonds is 5. The molecule has 0 unspecified atom stereocenters. The summed E-state index contributed by atoms with van der Waals surface area (Å²) in [6.07, 6.45) is 3.20. The minimum atomic E-state index is -1.04. The van der Waals surface area contributed by atoms with Gasteiger partial charge in [-0.25, -0.2) is 4.98 Å². The van der Waals surface area contributed by atoms with E-state index in [-0.39, 0.29) is 30.6 Å². The number of fused-ring (bicyclic) bond motifs is 3. The molecular formula is C25H29N3O6. The van der Waals surface area contributed by atoms with Crippen molar-refractivity contribution in [1.29, 1.82) is 0 Å². The van der Waals surface area contributed by atoms with Crippen LogP contribution in [0.2, 0.25) is 0 Å². The van der Waals surface area contributed by atoms with E-state index in [1.165, 1.54) is 0 Å². The fourth-order valence-corrected chi connectivity index (χ4v) is 4.59. The molecule has 2 amide bonds. The molecule has 2 aromatic rings. The number of amides is 2. The number of hydrogen-bond donors (Lipinski definition) is 2. The number of ether oxygens (including phenoxy) is 3. The van der Waals surface area contributed by atoms with E-state index < -0.39 is 5.60 Å². The molecular weight excluding hydrogens is 438 g/mol. The molecule has 9 nitrogen and oxygen atoms in total. The third-order valence-corrected chi connectivity index (χ3v) is 6.22. The van der Waals surface area contributed by atoms with E-state index >= 15 is 0 Å². The Kier molecular flexibility index (Phi) is 5.59. The molecule has 0 radical (unpaired) electrons. The van der Waals surface area contributed by atoms with Gasteiger partial charge in [-0.3, -0.25) is 9.59 Å². The van der Waals surface area contributed by atoms with Gasteiger partial charge in [-0.2, -0.15) is 0 Å². The number of aliphatic hydroxyl groups is 1. The lowest BCUT2D eigenvalue weighted by atomic mass is 10.1. The number of carbonyl (C=O) groups is 2. The van der Waals surface area contributed by atoms with Crippen LogP contribution in [0.3, 0.4) is 0 Å². The maximum atomic E-state index is 13.6. The minimum Gasteiger partial charge on any atom is -0.490 e. The molecule has 180 valence electrons. The fourth-order valence-electron chi connectivity index (χ4n) is 4.59. The molecule has 0 aliphatic carbocycles. The van der Waals surface area contributed by atoms with Crippen LogP contribution in [0.15, 0.2) is 24.4 Å². The van der Waals surface area contributed by atoms with Crippen LogP contribution >= 0.6 is 0 Å². The van der Waals surface area contributed by atoms with Crippen molar-refractivity contribution in [2.24, 2.45) is 0 Å². The van der Waals surface area contributed by atoms with Crippen molar-refractivity contribution in [1.82, 2.24) is 9.88 Å². The molecule has 1 fully saturated rings. The summed E-state index contributed by atoms with van der Waals surface area (Å²) < 4.78 is 18.0. The van der Waals surface area contributed by atoms with Crippen molar-refractivity contribution in [3.8, 4) is 17.4 Å². The zero-order valence-electron chi connectivity index (χ0n) is 19.6. The molecule has 34 heavy (non-hydrogen) atoms. The summed E-state index contributed by atoms with van der Waals surface area (Å²) in [5.41, 5.74) is 1.95. The third kappa shape index (κ3) is 4.52. The summed E-state index contributed by atoms with van der Waals surface area (Å²) in [6, 6.07) is 5.23. The number of benzene rings is 1. The number of carbonyl (C=O) groups excluding carboxylic acids is 2. The highest BCUT2D eigenvalue weighted by atomic mass is 16.5. The molecule has 1 saturated heterocycles. The highest BCUT2D eigenvalue weighted by molar-refractivity contribution is 6.00. The van der Waals surface area contributed by atoms with Gasteiger partial charge in [0.15, 0.2) is 0 Å². The molecule has 2 N–H and O–H groups in total. The van der Waals surface area contributed by atoms with Crippen molar-refractivity contribution < 1.29 is 28.9 Å². The lowest BCUT2D eigenvalue weighted by Crippen LogP contribution is -2.37. The van der Waals surface area contributed by atoms with Crippen LogP contribution in [-0.2, 0) is 11.2 Å². The Bertz CT molecular complexity index is 1140. The van der Waals surface area contributed by atoms with E-state index in [9.17, 15) is 14.7 Å². The number of aryl methyl sites for hydroxylation is 2. The van der Waals surface area contributed by atoms with E-state index in [1.54, 1.807) is 37.1 Å². The van der Waals surface area contributed by atoms with Crippen LogP contribution in [-0.4, -0.2) is 64.3 Å². The van der Waals surface area contributed by atoms with Gasteiger partial charge in [-0.15, -0.1) is 0 Å². The molecule has 3 aliphatic rings. The summed E-state index contributed by atoms with van der Waals surface area (Å²) in [5, 5.41) is 12.9. The first-order valence-corrected chi connectivity index (χ1v) is 11.6. The molecule has 0 bridgehead atoms. The largest absolute Gasteiger partial charge is 0.490 e. The van der Waals surface area contributed by atoms with E-state index in [4.69, 9.17) is 14.2 Å². The van der Waals surface area contributed by atoms with E-state index in [2.05, 4.69) is 10.3 Å². The molecule has 3 aliphatic heterocycles. The molecule has 1 aromatic heterocycles. The van der Waals surface area contributed by atoms with Crippen LogP contribution in [0.1, 0.15) is 48.2 Å². The van der Waals surface area contributed by atoms with Crippen molar-refractivity contribution >= 4 is 17.5 Å². The second kappa shape index (κ2) is 8.47. The number of hydrogen-bond acceptors (Lipinski definition) is 7. The van der Waals surface area contributed by atoms with Gasteiger partial charge in [0.2, 0.25) is 11.8 Å². The van der Waals surface area contributed by atoms with Crippen molar-refractivity contribution in [2.45, 2.75) is 57.8 Å². The predicted octanol–water partition coefficient (Wildman–Crippen LogP) is 2.48. The van der Waals surface area contributed by atoms with Gasteiger partial charge in [0.25, 0.3) is 5.91 Å².